The molecule has 4 aliphatic carbocycles. The Labute approximate surface area is 171 Å². The zero-order valence-corrected chi connectivity index (χ0v) is 18.0. The van der Waals surface area contributed by atoms with E-state index < -0.39 is 0 Å². The van der Waals surface area contributed by atoms with Crippen LogP contribution in [-0.4, -0.2) is 11.2 Å². The Morgan fingerprint density at radius 2 is 1.75 bits per heavy atom. The van der Waals surface area contributed by atoms with Crippen molar-refractivity contribution in [2.75, 3.05) is 0 Å². The smallest absolute Gasteiger partial charge is 0.0812 e. The van der Waals surface area contributed by atoms with E-state index in [1.807, 2.05) is 0 Å². The van der Waals surface area contributed by atoms with Gasteiger partial charge >= 0.3 is 0 Å². The normalized spacial score (nSPS) is 47.6. The first-order chi connectivity index (χ1) is 13.4. The van der Waals surface area contributed by atoms with E-state index in [1.54, 1.807) is 0 Å². The van der Waals surface area contributed by atoms with Gasteiger partial charge in [-0.2, -0.15) is 0 Å². The number of hydrogen-bond acceptors (Lipinski definition) is 1. The molecule has 28 heavy (non-hydrogen) atoms. The first-order valence-electron chi connectivity index (χ1n) is 11.9. The minimum absolute atomic E-state index is 0.0783. The molecule has 0 bridgehead atoms. The molecule has 0 saturated heterocycles. The lowest BCUT2D eigenvalue weighted by Gasteiger charge is -2.61. The molecule has 1 nitrogen and oxygen atoms in total. The van der Waals surface area contributed by atoms with Crippen molar-refractivity contribution >= 4 is 0 Å². The zero-order chi connectivity index (χ0) is 19.5. The number of fused-ring (bicyclic) bond motifs is 5. The predicted molar refractivity (Wildman–Crippen MR) is 116 cm³/mol. The lowest BCUT2D eigenvalue weighted by Crippen LogP contribution is -2.57. The molecule has 0 aromatic heterocycles. The van der Waals surface area contributed by atoms with Crippen molar-refractivity contribution in [1.82, 2.24) is 0 Å². The first kappa shape index (κ1) is 18.9. The summed E-state index contributed by atoms with van der Waals surface area (Å²) >= 11 is 0. The first-order valence-corrected chi connectivity index (χ1v) is 11.9. The summed E-state index contributed by atoms with van der Waals surface area (Å²) in [5, 5.41) is 11.7. The second-order valence-electron chi connectivity index (χ2n) is 11.1. The van der Waals surface area contributed by atoms with Gasteiger partial charge < -0.3 is 5.11 Å². The summed E-state index contributed by atoms with van der Waals surface area (Å²) in [7, 11) is 0. The van der Waals surface area contributed by atoms with E-state index in [1.165, 1.54) is 56.1 Å². The highest BCUT2D eigenvalue weighted by molar-refractivity contribution is 5.29. The fraction of sp³-hybridized carbons (Fsp3) is 0.704. The van der Waals surface area contributed by atoms with Crippen LogP contribution < -0.4 is 0 Å². The van der Waals surface area contributed by atoms with Gasteiger partial charge in [-0.25, -0.2) is 0 Å². The highest BCUT2D eigenvalue weighted by Gasteiger charge is 2.61. The van der Waals surface area contributed by atoms with E-state index in [0.717, 1.165) is 24.2 Å². The summed E-state index contributed by atoms with van der Waals surface area (Å²) in [5.41, 5.74) is 3.27. The van der Waals surface area contributed by atoms with Gasteiger partial charge in [0.1, 0.15) is 0 Å². The monoisotopic (exact) mass is 378 g/mol. The molecule has 4 aliphatic rings. The Kier molecular flexibility index (Phi) is 4.54. The maximum atomic E-state index is 11.7. The van der Waals surface area contributed by atoms with E-state index in [9.17, 15) is 5.11 Å². The van der Waals surface area contributed by atoms with Crippen LogP contribution in [0.1, 0.15) is 71.3 Å². The summed E-state index contributed by atoms with van der Waals surface area (Å²) in [6.45, 7) is 7.57. The van der Waals surface area contributed by atoms with E-state index in [4.69, 9.17) is 0 Å². The molecule has 5 rings (SSSR count). The highest BCUT2D eigenvalue weighted by Crippen LogP contribution is 2.67. The van der Waals surface area contributed by atoms with Gasteiger partial charge in [0.25, 0.3) is 0 Å². The Morgan fingerprint density at radius 1 is 0.964 bits per heavy atom. The van der Waals surface area contributed by atoms with Crippen molar-refractivity contribution in [2.45, 2.75) is 78.2 Å². The van der Waals surface area contributed by atoms with Crippen molar-refractivity contribution in [2.24, 2.45) is 40.4 Å². The lowest BCUT2D eigenvalue weighted by molar-refractivity contribution is -0.140. The largest absolute Gasteiger partial charge is 0.388 e. The minimum atomic E-state index is -0.262. The molecule has 0 amide bonds. The third kappa shape index (κ3) is 2.61. The number of allylic oxidation sites excluding steroid dienone is 1. The van der Waals surface area contributed by atoms with Crippen LogP contribution >= 0.6 is 0 Å². The highest BCUT2D eigenvalue weighted by atomic mass is 16.3. The molecule has 1 heteroatoms. The fourth-order valence-corrected chi connectivity index (χ4v) is 8.34. The summed E-state index contributed by atoms with van der Waals surface area (Å²) in [4.78, 5) is 0. The van der Waals surface area contributed by atoms with Gasteiger partial charge in [-0.3, -0.25) is 0 Å². The van der Waals surface area contributed by atoms with E-state index >= 15 is 0 Å². The van der Waals surface area contributed by atoms with E-state index in [-0.39, 0.29) is 11.5 Å². The molecule has 1 N–H and O–H groups in total. The number of aliphatic hydroxyl groups is 1. The number of rotatable bonds is 2. The Balaban J connectivity index is 1.44. The Morgan fingerprint density at radius 3 is 2.54 bits per heavy atom. The van der Waals surface area contributed by atoms with Crippen LogP contribution in [0.5, 0.6) is 0 Å². The van der Waals surface area contributed by atoms with Gasteiger partial charge in [0.15, 0.2) is 0 Å². The second-order valence-corrected chi connectivity index (χ2v) is 11.1. The molecule has 0 radical (unpaired) electrons. The molecule has 3 unspecified atom stereocenters. The van der Waals surface area contributed by atoms with Crippen molar-refractivity contribution in [1.29, 1.82) is 0 Å². The molecule has 0 aliphatic heterocycles. The molecule has 1 aromatic carbocycles. The Bertz CT molecular complexity index is 751. The quantitative estimate of drug-likeness (QED) is 0.589. The van der Waals surface area contributed by atoms with Gasteiger partial charge in [0.2, 0.25) is 0 Å². The fourth-order valence-electron chi connectivity index (χ4n) is 8.34. The van der Waals surface area contributed by atoms with Crippen molar-refractivity contribution < 1.29 is 5.11 Å². The standard InChI is InChI=1S/C27H38O/c1-18-9-14-23-22-13-12-21-11-10-20(17-19-7-5-4-6-8-19)25(28)27(21,3)24(22)15-16-26(18,23)2/h4-8,10,18,21-25,28H,9,11-17H2,1-3H3/t18?,21?,22-,23-,24+,25?,26+,27-/m0/s1. The number of aliphatic hydroxyl groups excluding tert-OH is 1. The van der Waals surface area contributed by atoms with Crippen molar-refractivity contribution in [3.8, 4) is 0 Å². The van der Waals surface area contributed by atoms with Gasteiger partial charge in [-0.15, -0.1) is 0 Å². The predicted octanol–water partition coefficient (Wildman–Crippen LogP) is 6.42. The summed E-state index contributed by atoms with van der Waals surface area (Å²) in [5.74, 6) is 4.01. The topological polar surface area (TPSA) is 20.2 Å². The lowest BCUT2D eigenvalue weighted by atomic mass is 9.44. The van der Waals surface area contributed by atoms with Gasteiger partial charge in [0.05, 0.1) is 6.10 Å². The molecule has 0 heterocycles. The molecular weight excluding hydrogens is 340 g/mol. The van der Waals surface area contributed by atoms with E-state index in [2.05, 4.69) is 57.2 Å². The summed E-state index contributed by atoms with van der Waals surface area (Å²) < 4.78 is 0. The average molecular weight is 379 g/mol. The molecular formula is C27H38O. The third-order valence-electron chi connectivity index (χ3n) is 10.3. The second kappa shape index (κ2) is 6.73. The molecule has 8 atom stereocenters. The molecule has 3 saturated carbocycles. The Hall–Kier alpha value is -1.08. The van der Waals surface area contributed by atoms with Gasteiger partial charge in [-0.05, 0) is 97.5 Å². The SMILES string of the molecule is CC1CC[C@H]2[C@@H]3CCC4CC=C(Cc5ccccc5)C(O)[C@]4(C)[C@@H]3CC[C@]12C. The van der Waals surface area contributed by atoms with Crippen LogP contribution in [0.25, 0.3) is 0 Å². The van der Waals surface area contributed by atoms with Crippen LogP contribution in [0.2, 0.25) is 0 Å². The maximum Gasteiger partial charge on any atom is 0.0812 e. The molecule has 152 valence electrons. The molecule has 0 spiro atoms. The summed E-state index contributed by atoms with van der Waals surface area (Å²) in [6, 6.07) is 10.7. The maximum absolute atomic E-state index is 11.7. The zero-order valence-electron chi connectivity index (χ0n) is 18.0. The van der Waals surface area contributed by atoms with Gasteiger partial charge in [-0.1, -0.05) is 57.2 Å². The average Bonchev–Trinajstić information content (AvgIpc) is 3.01. The minimum Gasteiger partial charge on any atom is -0.388 e. The number of benzene rings is 1. The molecule has 3 fully saturated rings. The van der Waals surface area contributed by atoms with Crippen LogP contribution in [0.15, 0.2) is 42.0 Å². The van der Waals surface area contributed by atoms with Crippen LogP contribution in [0, 0.1) is 40.4 Å². The van der Waals surface area contributed by atoms with E-state index in [0.29, 0.717) is 17.3 Å². The van der Waals surface area contributed by atoms with Gasteiger partial charge in [0, 0.05) is 5.41 Å². The number of hydrogen-bond donors (Lipinski definition) is 1. The third-order valence-corrected chi connectivity index (χ3v) is 10.3. The summed E-state index contributed by atoms with van der Waals surface area (Å²) in [6.07, 6.45) is 12.5. The molecule has 1 aromatic rings. The van der Waals surface area contributed by atoms with Crippen molar-refractivity contribution in [3.05, 3.63) is 47.5 Å². The van der Waals surface area contributed by atoms with Crippen LogP contribution in [0.3, 0.4) is 0 Å². The van der Waals surface area contributed by atoms with Crippen LogP contribution in [0.4, 0.5) is 0 Å². The van der Waals surface area contributed by atoms with Crippen LogP contribution in [-0.2, 0) is 6.42 Å². The van der Waals surface area contributed by atoms with Crippen molar-refractivity contribution in [3.63, 3.8) is 0 Å².